The molecule has 13 nitrogen and oxygen atoms in total. The minimum Gasteiger partial charge on any atom is -0.492 e. The van der Waals surface area contributed by atoms with Crippen molar-refractivity contribution in [1.29, 1.82) is 0 Å². The van der Waals surface area contributed by atoms with E-state index in [2.05, 4.69) is 16.9 Å². The summed E-state index contributed by atoms with van der Waals surface area (Å²) in [5.41, 5.74) is 1.17. The molecule has 15 heteroatoms. The van der Waals surface area contributed by atoms with Crippen molar-refractivity contribution in [3.05, 3.63) is 83.2 Å². The van der Waals surface area contributed by atoms with Gasteiger partial charge in [-0.15, -0.1) is 0 Å². The Kier molecular flexibility index (Phi) is 15.8. The lowest BCUT2D eigenvalue weighted by Crippen LogP contribution is -2.24. The molecule has 0 unspecified atom stereocenters. The Hall–Kier alpha value is -4.73. The number of aryl methyl sites for hydroxylation is 1. The van der Waals surface area contributed by atoms with Crippen LogP contribution >= 0.6 is 0 Å². The minimum absolute atomic E-state index is 0.0428. The van der Waals surface area contributed by atoms with Gasteiger partial charge in [-0.05, 0) is 66.6 Å². The van der Waals surface area contributed by atoms with Crippen molar-refractivity contribution >= 4 is 43.0 Å². The fraction of sp³-hybridized carbons (Fsp3) is 0.425. The maximum Gasteiger partial charge on any atom is 0.335 e. The van der Waals surface area contributed by atoms with E-state index >= 15 is 0 Å². The molecule has 0 fully saturated rings. The summed E-state index contributed by atoms with van der Waals surface area (Å²) in [6.07, 6.45) is 16.6. The number of nitrogens with one attached hydrogen (secondary N) is 1. The molecule has 0 radical (unpaired) electrons. The molecule has 4 aromatic rings. The molecule has 1 aromatic heterocycles. The number of fused-ring (bicyclic) bond motifs is 1. The molecule has 0 bridgehead atoms. The van der Waals surface area contributed by atoms with Crippen molar-refractivity contribution in [1.82, 2.24) is 9.40 Å². The number of carboxylic acid groups (broad SMARTS) is 2. The summed E-state index contributed by atoms with van der Waals surface area (Å²) in [4.78, 5) is 24.5. The first-order chi connectivity index (χ1) is 26.2. The molecular formula is C40H51N3O10S2. The van der Waals surface area contributed by atoms with Gasteiger partial charge in [0.1, 0.15) is 10.6 Å². The number of carboxylic acids is 2. The zero-order valence-electron chi connectivity index (χ0n) is 31.4. The van der Waals surface area contributed by atoms with E-state index in [1.54, 1.807) is 23.7 Å². The van der Waals surface area contributed by atoms with Gasteiger partial charge in [0.15, 0.2) is 0 Å². The SMILES string of the molecule is CCCCCCCCCCCCCCCCOc1ccc(C(=O)O)cc1S(=O)(=O)NN=c1cc(-c2ccc(C(=O)O)cc2)n(C)c2ccc(S(=O)(=O)O)cc12. The van der Waals surface area contributed by atoms with Crippen LogP contribution in [0.5, 0.6) is 5.75 Å². The zero-order chi connectivity index (χ0) is 40.0. The molecule has 4 N–H and O–H groups in total. The maximum atomic E-state index is 13.8. The first kappa shape index (κ1) is 43.0. The van der Waals surface area contributed by atoms with Gasteiger partial charge in [-0.25, -0.2) is 9.59 Å². The van der Waals surface area contributed by atoms with Crippen LogP contribution < -0.4 is 14.9 Å². The second-order valence-electron chi connectivity index (χ2n) is 13.6. The van der Waals surface area contributed by atoms with E-state index in [0.29, 0.717) is 23.2 Å². The summed E-state index contributed by atoms with van der Waals surface area (Å²) in [5, 5.41) is 23.2. The molecule has 0 spiro atoms. The first-order valence-corrected chi connectivity index (χ1v) is 21.7. The third-order valence-corrected chi connectivity index (χ3v) is 11.6. The van der Waals surface area contributed by atoms with E-state index in [-0.39, 0.29) is 34.2 Å². The van der Waals surface area contributed by atoms with Crippen LogP contribution in [0.2, 0.25) is 0 Å². The highest BCUT2D eigenvalue weighted by molar-refractivity contribution is 7.89. The molecule has 0 amide bonds. The summed E-state index contributed by atoms with van der Waals surface area (Å²) in [6, 6.07) is 14.7. The van der Waals surface area contributed by atoms with Crippen LogP contribution in [-0.4, -0.2) is 54.7 Å². The molecule has 0 saturated carbocycles. The highest BCUT2D eigenvalue weighted by atomic mass is 32.2. The highest BCUT2D eigenvalue weighted by Gasteiger charge is 2.22. The van der Waals surface area contributed by atoms with Gasteiger partial charge in [-0.2, -0.15) is 26.8 Å². The lowest BCUT2D eigenvalue weighted by atomic mass is 10.0. The second kappa shape index (κ2) is 20.3. The number of aromatic nitrogens is 1. The van der Waals surface area contributed by atoms with Crippen molar-refractivity contribution in [2.75, 3.05) is 6.61 Å². The average molecular weight is 798 g/mol. The smallest absolute Gasteiger partial charge is 0.335 e. The predicted molar refractivity (Wildman–Crippen MR) is 210 cm³/mol. The van der Waals surface area contributed by atoms with Crippen molar-refractivity contribution < 1.29 is 45.9 Å². The van der Waals surface area contributed by atoms with Gasteiger partial charge in [0.05, 0.1) is 39.2 Å². The largest absolute Gasteiger partial charge is 0.492 e. The third-order valence-electron chi connectivity index (χ3n) is 9.49. The number of benzene rings is 3. The number of rotatable bonds is 23. The van der Waals surface area contributed by atoms with Gasteiger partial charge < -0.3 is 19.5 Å². The number of nitrogens with zero attached hydrogens (tertiary/aromatic N) is 2. The lowest BCUT2D eigenvalue weighted by molar-refractivity contribution is 0.0686. The number of carbonyl (C=O) groups is 2. The lowest BCUT2D eigenvalue weighted by Gasteiger charge is -2.15. The Morgan fingerprint density at radius 2 is 1.25 bits per heavy atom. The van der Waals surface area contributed by atoms with E-state index in [1.807, 2.05) is 0 Å². The molecule has 0 saturated heterocycles. The van der Waals surface area contributed by atoms with Crippen LogP contribution in [0, 0.1) is 0 Å². The molecule has 3 aromatic carbocycles. The molecule has 1 heterocycles. The number of ether oxygens (including phenoxy) is 1. The molecule has 0 aliphatic heterocycles. The van der Waals surface area contributed by atoms with E-state index < -0.39 is 41.9 Å². The minimum atomic E-state index is -4.65. The van der Waals surface area contributed by atoms with E-state index in [9.17, 15) is 41.2 Å². The fourth-order valence-electron chi connectivity index (χ4n) is 6.37. The van der Waals surface area contributed by atoms with Gasteiger partial charge in [0, 0.05) is 12.4 Å². The molecule has 4 rings (SSSR count). The van der Waals surface area contributed by atoms with Gasteiger partial charge in [-0.3, -0.25) is 4.55 Å². The predicted octanol–water partition coefficient (Wildman–Crippen LogP) is 8.14. The Balaban J connectivity index is 1.51. The number of pyridine rings is 1. The Labute approximate surface area is 322 Å². The Bertz CT molecular complexity index is 2230. The first-order valence-electron chi connectivity index (χ1n) is 18.7. The fourth-order valence-corrected chi connectivity index (χ4v) is 7.87. The third kappa shape index (κ3) is 12.4. The normalized spacial score (nSPS) is 12.2. The number of unbranched alkanes of at least 4 members (excludes halogenated alkanes) is 13. The van der Waals surface area contributed by atoms with Crippen LogP contribution in [0.1, 0.15) is 118 Å². The van der Waals surface area contributed by atoms with E-state index in [4.69, 9.17) is 4.74 Å². The molecule has 298 valence electrons. The molecule has 0 aliphatic carbocycles. The molecule has 55 heavy (non-hydrogen) atoms. The van der Waals surface area contributed by atoms with Gasteiger partial charge in [-0.1, -0.05) is 103 Å². The van der Waals surface area contributed by atoms with Gasteiger partial charge in [0.2, 0.25) is 0 Å². The second-order valence-corrected chi connectivity index (χ2v) is 16.7. The summed E-state index contributed by atoms with van der Waals surface area (Å²) >= 11 is 0. The summed E-state index contributed by atoms with van der Waals surface area (Å²) in [5.74, 6) is -2.52. The van der Waals surface area contributed by atoms with Crippen molar-refractivity contribution in [3.8, 4) is 17.0 Å². The number of hydrogen-bond acceptors (Lipinski definition) is 8. The Morgan fingerprint density at radius 1 is 0.709 bits per heavy atom. The monoisotopic (exact) mass is 797 g/mol. The van der Waals surface area contributed by atoms with Crippen molar-refractivity contribution in [3.63, 3.8) is 0 Å². The molecule has 0 atom stereocenters. The standard InChI is InChI=1S/C40H51N3O10S2/c1-3-4-5-6-7-8-9-10-11-12-13-14-15-16-25-53-37-24-21-31(40(46)47)26-38(37)54(48,49)42-41-34-28-36(29-17-19-30(20-18-29)39(44)45)43(2)35-23-22-32(27-33(34)35)55(50,51)52/h17-24,26-28,42H,3-16,25H2,1-2H3,(H,44,45)(H,46,47)(H,50,51,52). The van der Waals surface area contributed by atoms with E-state index in [0.717, 1.165) is 31.4 Å². The summed E-state index contributed by atoms with van der Waals surface area (Å²) in [7, 11) is -7.55. The Morgan fingerprint density at radius 3 is 1.80 bits per heavy atom. The highest BCUT2D eigenvalue weighted by Crippen LogP contribution is 2.27. The van der Waals surface area contributed by atoms with Crippen LogP contribution in [0.25, 0.3) is 22.2 Å². The van der Waals surface area contributed by atoms with Crippen LogP contribution in [0.4, 0.5) is 0 Å². The molecule has 0 aliphatic rings. The van der Waals surface area contributed by atoms with E-state index in [1.165, 1.54) is 107 Å². The number of hydrogen-bond donors (Lipinski definition) is 4. The molecular weight excluding hydrogens is 747 g/mol. The maximum absolute atomic E-state index is 13.8. The summed E-state index contributed by atoms with van der Waals surface area (Å²) < 4.78 is 68.9. The van der Waals surface area contributed by atoms with Crippen LogP contribution in [0.15, 0.2) is 81.6 Å². The topological polar surface area (TPSA) is 202 Å². The quantitative estimate of drug-likeness (QED) is 0.0322. The number of aromatic carboxylic acids is 2. The summed E-state index contributed by atoms with van der Waals surface area (Å²) in [6.45, 7) is 2.44. The van der Waals surface area contributed by atoms with Crippen LogP contribution in [0.3, 0.4) is 0 Å². The zero-order valence-corrected chi connectivity index (χ0v) is 33.0. The van der Waals surface area contributed by atoms with Crippen LogP contribution in [-0.2, 0) is 27.2 Å². The van der Waals surface area contributed by atoms with Crippen molar-refractivity contribution in [2.24, 2.45) is 12.1 Å². The van der Waals surface area contributed by atoms with Crippen molar-refractivity contribution in [2.45, 2.75) is 107 Å². The number of sulfonamides is 1. The van der Waals surface area contributed by atoms with Gasteiger partial charge in [0.25, 0.3) is 20.1 Å². The van der Waals surface area contributed by atoms with Gasteiger partial charge >= 0.3 is 11.9 Å². The average Bonchev–Trinajstić information content (AvgIpc) is 3.15.